The summed E-state index contributed by atoms with van der Waals surface area (Å²) in [5.41, 5.74) is 1.04. The van der Waals surface area contributed by atoms with Crippen LogP contribution in [0, 0.1) is 3.57 Å². The summed E-state index contributed by atoms with van der Waals surface area (Å²) in [7, 11) is -4.10. The summed E-state index contributed by atoms with van der Waals surface area (Å²) in [4.78, 5) is 29.3. The Morgan fingerprint density at radius 2 is 1.59 bits per heavy atom. The third-order valence-corrected chi connectivity index (χ3v) is 10.2. The van der Waals surface area contributed by atoms with Crippen molar-refractivity contribution in [3.05, 3.63) is 93.0 Å². The molecule has 0 bridgehead atoms. The van der Waals surface area contributed by atoms with Crippen molar-refractivity contribution in [3.8, 4) is 0 Å². The summed E-state index contributed by atoms with van der Waals surface area (Å²) in [5.74, 6) is -0.722. The van der Waals surface area contributed by atoms with Gasteiger partial charge in [0.2, 0.25) is 11.8 Å². The largest absolute Gasteiger partial charge is 0.352 e. The Kier molecular flexibility index (Phi) is 11.1. The summed E-state index contributed by atoms with van der Waals surface area (Å²) in [6, 6.07) is 21.4. The molecule has 0 aromatic heterocycles. The number of carbonyl (C=O) groups excluding carboxylic acids is 2. The molecule has 1 saturated carbocycles. The van der Waals surface area contributed by atoms with Crippen molar-refractivity contribution in [2.75, 3.05) is 10.8 Å². The Hall–Kier alpha value is -2.63. The van der Waals surface area contributed by atoms with E-state index in [2.05, 4.69) is 27.9 Å². The van der Waals surface area contributed by atoms with Gasteiger partial charge in [0.1, 0.15) is 12.6 Å². The minimum absolute atomic E-state index is 0.0704. The first-order chi connectivity index (χ1) is 19.7. The van der Waals surface area contributed by atoms with E-state index in [1.165, 1.54) is 17.0 Å². The van der Waals surface area contributed by atoms with E-state index in [-0.39, 0.29) is 23.4 Å². The maximum Gasteiger partial charge on any atom is 0.264 e. The number of benzene rings is 3. The van der Waals surface area contributed by atoms with Gasteiger partial charge in [0.15, 0.2) is 0 Å². The molecular formula is C31H35ClIN3O4S. The van der Waals surface area contributed by atoms with Crippen molar-refractivity contribution in [3.63, 3.8) is 0 Å². The molecule has 3 aromatic carbocycles. The van der Waals surface area contributed by atoms with Crippen molar-refractivity contribution in [1.29, 1.82) is 0 Å². The number of halogens is 2. The van der Waals surface area contributed by atoms with E-state index in [1.54, 1.807) is 54.6 Å². The lowest BCUT2D eigenvalue weighted by atomic mass is 9.95. The molecule has 1 aliphatic rings. The van der Waals surface area contributed by atoms with E-state index >= 15 is 0 Å². The van der Waals surface area contributed by atoms with Crippen molar-refractivity contribution in [2.45, 2.75) is 69.0 Å². The Morgan fingerprint density at radius 1 is 0.951 bits per heavy atom. The molecule has 2 amide bonds. The van der Waals surface area contributed by atoms with Crippen LogP contribution in [0.3, 0.4) is 0 Å². The predicted molar refractivity (Wildman–Crippen MR) is 171 cm³/mol. The van der Waals surface area contributed by atoms with Gasteiger partial charge in [-0.05, 0) is 89.9 Å². The fourth-order valence-corrected chi connectivity index (χ4v) is 7.12. The number of rotatable bonds is 11. The van der Waals surface area contributed by atoms with Crippen LogP contribution in [0.4, 0.5) is 5.69 Å². The molecule has 0 aliphatic heterocycles. The van der Waals surface area contributed by atoms with Gasteiger partial charge in [-0.2, -0.15) is 0 Å². The standard InChI is InChI=1S/C31H35ClIN3O4S/c1-2-29(31(38)34-25-12-5-3-6-13-25)35(21-23-11-9-10-16-28(23)32)30(37)22-36(26-19-17-24(33)18-20-26)41(39,40)27-14-7-4-8-15-27/h4,7-11,14-20,25,29H,2-3,5-6,12-13,21-22H2,1H3,(H,34,38)/t29-/m1/s1. The van der Waals surface area contributed by atoms with Crippen LogP contribution in [-0.4, -0.2) is 43.8 Å². The van der Waals surface area contributed by atoms with Crippen LogP contribution in [0.1, 0.15) is 51.0 Å². The van der Waals surface area contributed by atoms with Gasteiger partial charge in [0.25, 0.3) is 10.0 Å². The van der Waals surface area contributed by atoms with Gasteiger partial charge < -0.3 is 10.2 Å². The normalized spacial score (nSPS) is 14.7. The highest BCUT2D eigenvalue weighted by Gasteiger charge is 2.34. The third-order valence-electron chi connectivity index (χ3n) is 7.36. The van der Waals surface area contributed by atoms with Crippen molar-refractivity contribution < 1.29 is 18.0 Å². The molecule has 1 atom stereocenters. The molecule has 0 heterocycles. The average Bonchev–Trinajstić information content (AvgIpc) is 2.98. The second-order valence-corrected chi connectivity index (χ2v) is 13.7. The van der Waals surface area contributed by atoms with Gasteiger partial charge in [-0.25, -0.2) is 8.42 Å². The molecule has 0 saturated heterocycles. The number of anilines is 1. The predicted octanol–water partition coefficient (Wildman–Crippen LogP) is 6.40. The average molecular weight is 708 g/mol. The Bertz CT molecular complexity index is 1430. The van der Waals surface area contributed by atoms with Crippen LogP contribution in [0.5, 0.6) is 0 Å². The quantitative estimate of drug-likeness (QED) is 0.234. The zero-order valence-corrected chi connectivity index (χ0v) is 26.7. The highest BCUT2D eigenvalue weighted by atomic mass is 127. The monoisotopic (exact) mass is 707 g/mol. The summed E-state index contributed by atoms with van der Waals surface area (Å²) < 4.78 is 29.8. The van der Waals surface area contributed by atoms with Gasteiger partial charge in [0.05, 0.1) is 10.6 Å². The molecule has 10 heteroatoms. The molecule has 0 spiro atoms. The number of sulfonamides is 1. The van der Waals surface area contributed by atoms with E-state index in [0.717, 1.165) is 40.0 Å². The molecular weight excluding hydrogens is 673 g/mol. The fourth-order valence-electron chi connectivity index (χ4n) is 5.13. The number of nitrogens with one attached hydrogen (secondary N) is 1. The van der Waals surface area contributed by atoms with Gasteiger partial charge in [-0.1, -0.05) is 74.2 Å². The zero-order valence-electron chi connectivity index (χ0n) is 23.0. The first-order valence-corrected chi connectivity index (χ1v) is 16.8. The highest BCUT2D eigenvalue weighted by Crippen LogP contribution is 2.27. The van der Waals surface area contributed by atoms with Gasteiger partial charge in [0, 0.05) is 21.2 Å². The van der Waals surface area contributed by atoms with Crippen LogP contribution in [0.2, 0.25) is 5.02 Å². The maximum absolute atomic E-state index is 14.2. The van der Waals surface area contributed by atoms with Crippen molar-refractivity contribution in [2.24, 2.45) is 0 Å². The zero-order chi connectivity index (χ0) is 29.4. The van der Waals surface area contributed by atoms with E-state index in [4.69, 9.17) is 11.6 Å². The lowest BCUT2D eigenvalue weighted by Gasteiger charge is -2.34. The fraction of sp³-hybridized carbons (Fsp3) is 0.355. The van der Waals surface area contributed by atoms with Crippen LogP contribution >= 0.6 is 34.2 Å². The van der Waals surface area contributed by atoms with E-state index < -0.39 is 28.5 Å². The topological polar surface area (TPSA) is 86.8 Å². The molecule has 7 nitrogen and oxygen atoms in total. The lowest BCUT2D eigenvalue weighted by Crippen LogP contribution is -2.54. The molecule has 1 aliphatic carbocycles. The first-order valence-electron chi connectivity index (χ1n) is 13.9. The Balaban J connectivity index is 1.70. The summed E-state index contributed by atoms with van der Waals surface area (Å²) >= 11 is 8.63. The minimum atomic E-state index is -4.10. The molecule has 0 unspecified atom stereocenters. The van der Waals surface area contributed by atoms with Gasteiger partial charge in [-0.3, -0.25) is 13.9 Å². The number of nitrogens with zero attached hydrogens (tertiary/aromatic N) is 2. The van der Waals surface area contributed by atoms with Crippen molar-refractivity contribution in [1.82, 2.24) is 10.2 Å². The smallest absolute Gasteiger partial charge is 0.264 e. The minimum Gasteiger partial charge on any atom is -0.352 e. The Labute approximate surface area is 261 Å². The van der Waals surface area contributed by atoms with Gasteiger partial charge >= 0.3 is 0 Å². The summed E-state index contributed by atoms with van der Waals surface area (Å²) in [6.45, 7) is 1.45. The number of carbonyl (C=O) groups is 2. The van der Waals surface area contributed by atoms with Crippen LogP contribution in [-0.2, 0) is 26.2 Å². The van der Waals surface area contributed by atoms with Crippen LogP contribution in [0.15, 0.2) is 83.8 Å². The Morgan fingerprint density at radius 3 is 2.22 bits per heavy atom. The molecule has 218 valence electrons. The van der Waals surface area contributed by atoms with Crippen LogP contribution < -0.4 is 9.62 Å². The van der Waals surface area contributed by atoms with Crippen molar-refractivity contribution >= 4 is 61.7 Å². The number of hydrogen-bond acceptors (Lipinski definition) is 4. The van der Waals surface area contributed by atoms with Gasteiger partial charge in [-0.15, -0.1) is 0 Å². The van der Waals surface area contributed by atoms with E-state index in [9.17, 15) is 18.0 Å². The SMILES string of the molecule is CC[C@H](C(=O)NC1CCCCC1)N(Cc1ccccc1Cl)C(=O)CN(c1ccc(I)cc1)S(=O)(=O)c1ccccc1. The van der Waals surface area contributed by atoms with E-state index in [0.29, 0.717) is 22.7 Å². The summed E-state index contributed by atoms with van der Waals surface area (Å²) in [6.07, 6.45) is 5.47. The molecule has 0 radical (unpaired) electrons. The van der Waals surface area contributed by atoms with Crippen LogP contribution in [0.25, 0.3) is 0 Å². The maximum atomic E-state index is 14.2. The highest BCUT2D eigenvalue weighted by molar-refractivity contribution is 14.1. The summed E-state index contributed by atoms with van der Waals surface area (Å²) in [5, 5.41) is 3.63. The second kappa shape index (κ2) is 14.5. The molecule has 3 aromatic rings. The molecule has 1 N–H and O–H groups in total. The lowest BCUT2D eigenvalue weighted by molar-refractivity contribution is -0.140. The third kappa shape index (κ3) is 8.02. The second-order valence-electron chi connectivity index (χ2n) is 10.2. The number of amides is 2. The number of hydrogen-bond donors (Lipinski definition) is 1. The first kappa shape index (κ1) is 31.3. The molecule has 1 fully saturated rings. The van der Waals surface area contributed by atoms with E-state index in [1.807, 2.05) is 19.1 Å². The molecule has 4 rings (SSSR count). The molecule has 41 heavy (non-hydrogen) atoms.